The Kier molecular flexibility index (Phi) is 9.85. The first-order valence-corrected chi connectivity index (χ1v) is 10.8. The fourth-order valence-corrected chi connectivity index (χ4v) is 3.18. The molecule has 0 bridgehead atoms. The van der Waals surface area contributed by atoms with E-state index >= 15 is 0 Å². The summed E-state index contributed by atoms with van der Waals surface area (Å²) in [5, 5.41) is 9.39. The maximum Gasteiger partial charge on any atom is 0.416 e. The van der Waals surface area contributed by atoms with Crippen LogP contribution < -0.4 is 4.74 Å². The van der Waals surface area contributed by atoms with Gasteiger partial charge in [-0.15, -0.1) is 0 Å². The van der Waals surface area contributed by atoms with Gasteiger partial charge in [0.1, 0.15) is 12.4 Å². The number of allylic oxidation sites excluding steroid dienone is 1. The minimum absolute atomic E-state index is 0.0351. The molecule has 2 aromatic rings. The largest absolute Gasteiger partial charge is 0.488 e. The van der Waals surface area contributed by atoms with Gasteiger partial charge in [-0.1, -0.05) is 29.5 Å². The molecular formula is C25H21ClF6O4. The number of rotatable bonds is 8. The smallest absolute Gasteiger partial charge is 0.416 e. The summed E-state index contributed by atoms with van der Waals surface area (Å²) in [6.07, 6.45) is -9.36. The summed E-state index contributed by atoms with van der Waals surface area (Å²) in [7, 11) is 0. The Bertz CT molecular complexity index is 1140. The summed E-state index contributed by atoms with van der Waals surface area (Å²) in [4.78, 5) is 11.2. The highest BCUT2D eigenvalue weighted by Gasteiger charge is 2.36. The maximum absolute atomic E-state index is 13.0. The molecule has 0 radical (unpaired) electrons. The number of aliphatic carboxylic acids is 1. The van der Waals surface area contributed by atoms with E-state index in [1.54, 1.807) is 19.1 Å². The van der Waals surface area contributed by atoms with Crippen LogP contribution in [0, 0.1) is 11.8 Å². The van der Waals surface area contributed by atoms with Gasteiger partial charge in [0, 0.05) is 18.6 Å². The zero-order valence-electron chi connectivity index (χ0n) is 19.1. The number of benzene rings is 2. The third kappa shape index (κ3) is 8.81. The lowest BCUT2D eigenvalue weighted by Crippen LogP contribution is -2.26. The van der Waals surface area contributed by atoms with Gasteiger partial charge in [-0.25, -0.2) is 4.79 Å². The van der Waals surface area contributed by atoms with Crippen LogP contribution >= 0.6 is 11.6 Å². The zero-order valence-corrected chi connectivity index (χ0v) is 19.8. The fraction of sp³-hybridized carbons (Fsp3) is 0.320. The molecule has 0 aliphatic heterocycles. The molecular weight excluding hydrogens is 514 g/mol. The lowest BCUT2D eigenvalue weighted by atomic mass is 10.0. The van der Waals surface area contributed by atoms with Crippen molar-refractivity contribution < 1.29 is 45.7 Å². The molecule has 2 aromatic carbocycles. The first-order valence-electron chi connectivity index (χ1n) is 10.4. The van der Waals surface area contributed by atoms with E-state index in [-0.39, 0.29) is 36.5 Å². The quantitative estimate of drug-likeness (QED) is 0.299. The molecule has 0 amide bonds. The number of carboxylic acids is 1. The van der Waals surface area contributed by atoms with Crippen molar-refractivity contribution in [3.8, 4) is 17.6 Å². The number of alkyl halides is 6. The molecule has 2 rings (SSSR count). The number of hydrogen-bond donors (Lipinski definition) is 1. The highest BCUT2D eigenvalue weighted by Crippen LogP contribution is 2.36. The first kappa shape index (κ1) is 29.1. The van der Waals surface area contributed by atoms with Crippen LogP contribution in [-0.4, -0.2) is 30.4 Å². The van der Waals surface area contributed by atoms with Crippen molar-refractivity contribution in [2.45, 2.75) is 38.7 Å². The Morgan fingerprint density at radius 3 is 2.19 bits per heavy atom. The van der Waals surface area contributed by atoms with Crippen LogP contribution in [0.4, 0.5) is 26.3 Å². The summed E-state index contributed by atoms with van der Waals surface area (Å²) in [6, 6.07) is 5.84. The van der Waals surface area contributed by atoms with Crippen molar-refractivity contribution in [2.75, 3.05) is 13.2 Å². The molecule has 0 aliphatic carbocycles. The summed E-state index contributed by atoms with van der Waals surface area (Å²) in [5.41, 5.74) is -2.36. The Labute approximate surface area is 208 Å². The minimum Gasteiger partial charge on any atom is -0.488 e. The fourth-order valence-electron chi connectivity index (χ4n) is 2.93. The van der Waals surface area contributed by atoms with Gasteiger partial charge in [0.2, 0.25) is 0 Å². The SMILES string of the molecule is CCO[C@@H](Cc1ccc(OCC=C(C)C#Cc2cc(C(F)(F)F)cc(C(F)(F)F)c2)c(Cl)c1)C(=O)O. The molecule has 1 N–H and O–H groups in total. The van der Waals surface area contributed by atoms with Crippen molar-refractivity contribution in [3.05, 3.63) is 75.3 Å². The summed E-state index contributed by atoms with van der Waals surface area (Å²) in [5.74, 6) is 4.00. The predicted molar refractivity (Wildman–Crippen MR) is 121 cm³/mol. The van der Waals surface area contributed by atoms with E-state index in [9.17, 15) is 36.2 Å². The average molecular weight is 535 g/mol. The van der Waals surface area contributed by atoms with Crippen LogP contribution in [0.15, 0.2) is 48.0 Å². The zero-order chi connectivity index (χ0) is 27.1. The standard InChI is InChI=1S/C25H21ClF6O4/c1-3-35-22(23(33)34)13-17-6-7-21(20(26)12-17)36-9-8-15(2)4-5-16-10-18(24(27,28)29)14-19(11-16)25(30,31)32/h6-8,10-12,14,22H,3,9,13H2,1-2H3,(H,33,34)/t22-/m0/s1. The summed E-state index contributed by atoms with van der Waals surface area (Å²) >= 11 is 6.18. The van der Waals surface area contributed by atoms with E-state index < -0.39 is 41.1 Å². The van der Waals surface area contributed by atoms with Crippen molar-refractivity contribution in [1.82, 2.24) is 0 Å². The average Bonchev–Trinajstić information content (AvgIpc) is 2.77. The minimum atomic E-state index is -4.96. The molecule has 0 heterocycles. The first-order chi connectivity index (χ1) is 16.7. The van der Waals surface area contributed by atoms with Gasteiger partial charge in [0.15, 0.2) is 6.10 Å². The third-order valence-electron chi connectivity index (χ3n) is 4.68. The number of carbonyl (C=O) groups is 1. The molecule has 1 atom stereocenters. The van der Waals surface area contributed by atoms with E-state index in [0.717, 1.165) is 0 Å². The van der Waals surface area contributed by atoms with Crippen molar-refractivity contribution >= 4 is 17.6 Å². The van der Waals surface area contributed by atoms with Gasteiger partial charge in [0.05, 0.1) is 16.1 Å². The van der Waals surface area contributed by atoms with Gasteiger partial charge in [-0.2, -0.15) is 26.3 Å². The van der Waals surface area contributed by atoms with Gasteiger partial charge < -0.3 is 14.6 Å². The van der Waals surface area contributed by atoms with Gasteiger partial charge in [0.25, 0.3) is 0 Å². The highest BCUT2D eigenvalue weighted by molar-refractivity contribution is 6.32. The number of hydrogen-bond acceptors (Lipinski definition) is 3. The van der Waals surface area contributed by atoms with Crippen LogP contribution in [0.2, 0.25) is 5.02 Å². The second-order valence-corrected chi connectivity index (χ2v) is 7.90. The molecule has 194 valence electrons. The van der Waals surface area contributed by atoms with Crippen LogP contribution in [0.1, 0.15) is 36.1 Å². The Hall–Kier alpha value is -3.16. The molecule has 0 aromatic heterocycles. The third-order valence-corrected chi connectivity index (χ3v) is 4.98. The van der Waals surface area contributed by atoms with Gasteiger partial charge in [-0.3, -0.25) is 0 Å². The van der Waals surface area contributed by atoms with E-state index in [1.165, 1.54) is 19.1 Å². The Balaban J connectivity index is 2.11. The molecule has 36 heavy (non-hydrogen) atoms. The van der Waals surface area contributed by atoms with Crippen LogP contribution in [0.25, 0.3) is 0 Å². The highest BCUT2D eigenvalue weighted by atomic mass is 35.5. The van der Waals surface area contributed by atoms with Crippen LogP contribution in [-0.2, 0) is 28.3 Å². The van der Waals surface area contributed by atoms with Crippen LogP contribution in [0.3, 0.4) is 0 Å². The summed E-state index contributed by atoms with van der Waals surface area (Å²) in [6.45, 7) is 3.39. The molecule has 4 nitrogen and oxygen atoms in total. The predicted octanol–water partition coefficient (Wildman–Crippen LogP) is 6.79. The number of carboxylic acid groups (broad SMARTS) is 1. The molecule has 0 fully saturated rings. The van der Waals surface area contributed by atoms with Gasteiger partial charge >= 0.3 is 18.3 Å². The van der Waals surface area contributed by atoms with Gasteiger partial charge in [-0.05, 0) is 61.4 Å². The van der Waals surface area contributed by atoms with E-state index in [0.29, 0.717) is 23.3 Å². The molecule has 0 spiro atoms. The molecule has 0 saturated carbocycles. The lowest BCUT2D eigenvalue weighted by molar-refractivity contribution is -0.150. The maximum atomic E-state index is 13.0. The number of ether oxygens (including phenoxy) is 2. The lowest BCUT2D eigenvalue weighted by Gasteiger charge is -2.13. The van der Waals surface area contributed by atoms with Crippen molar-refractivity contribution in [3.63, 3.8) is 0 Å². The Morgan fingerprint density at radius 1 is 1.08 bits per heavy atom. The van der Waals surface area contributed by atoms with Crippen molar-refractivity contribution in [2.24, 2.45) is 0 Å². The van der Waals surface area contributed by atoms with E-state index in [2.05, 4.69) is 11.8 Å². The van der Waals surface area contributed by atoms with Crippen molar-refractivity contribution in [1.29, 1.82) is 0 Å². The van der Waals surface area contributed by atoms with Crippen LogP contribution in [0.5, 0.6) is 5.75 Å². The monoisotopic (exact) mass is 534 g/mol. The van der Waals surface area contributed by atoms with E-state index in [1.807, 2.05) is 0 Å². The summed E-state index contributed by atoms with van der Waals surface area (Å²) < 4.78 is 88.5. The second-order valence-electron chi connectivity index (χ2n) is 7.49. The topological polar surface area (TPSA) is 55.8 Å². The molecule has 0 saturated heterocycles. The normalized spacial score (nSPS) is 13.1. The second kappa shape index (κ2) is 12.2. The molecule has 11 heteroatoms. The Morgan fingerprint density at radius 2 is 1.69 bits per heavy atom. The molecule has 0 unspecified atom stereocenters. The number of halogens is 7. The molecule has 0 aliphatic rings. The van der Waals surface area contributed by atoms with E-state index in [4.69, 9.17) is 21.1 Å².